The Kier molecular flexibility index (Phi) is 3.23. The van der Waals surface area contributed by atoms with Crippen LogP contribution in [0.15, 0.2) is 10.6 Å². The van der Waals surface area contributed by atoms with E-state index < -0.39 is 0 Å². The number of piperazine rings is 1. The van der Waals surface area contributed by atoms with Gasteiger partial charge in [-0.25, -0.2) is 0 Å². The van der Waals surface area contributed by atoms with E-state index in [-0.39, 0.29) is 0 Å². The predicted octanol–water partition coefficient (Wildman–Crippen LogP) is -0.0724. The molecule has 0 spiro atoms. The normalized spacial score (nSPS) is 18.4. The van der Waals surface area contributed by atoms with Crippen LogP contribution >= 0.6 is 0 Å². The van der Waals surface area contributed by atoms with Crippen LogP contribution in [0.25, 0.3) is 0 Å². The van der Waals surface area contributed by atoms with Crippen LogP contribution < -0.4 is 10.6 Å². The van der Waals surface area contributed by atoms with Crippen molar-refractivity contribution in [3.8, 4) is 0 Å². The van der Waals surface area contributed by atoms with Crippen LogP contribution in [0.1, 0.15) is 5.69 Å². The Morgan fingerprint density at radius 2 is 2.13 bits per heavy atom. The molecule has 0 bridgehead atoms. The largest absolute Gasteiger partial charge is 0.338 e. The standard InChI is InChI=1S/C10H18N4O/c1-13-4-6-14(7-5-13)10-8-9(2-3-11)12-15-10/h8H,2-7,11H2,1H3. The van der Waals surface area contributed by atoms with Crippen molar-refractivity contribution in [1.29, 1.82) is 0 Å². The van der Waals surface area contributed by atoms with Gasteiger partial charge in [0, 0.05) is 38.7 Å². The highest BCUT2D eigenvalue weighted by Crippen LogP contribution is 2.17. The SMILES string of the molecule is CN1CCN(c2cc(CCN)no2)CC1. The quantitative estimate of drug-likeness (QED) is 0.756. The molecule has 0 radical (unpaired) electrons. The number of nitrogens with zero attached hydrogens (tertiary/aromatic N) is 3. The molecular weight excluding hydrogens is 192 g/mol. The lowest BCUT2D eigenvalue weighted by molar-refractivity contribution is 0.300. The van der Waals surface area contributed by atoms with Crippen molar-refractivity contribution in [2.24, 2.45) is 5.73 Å². The number of rotatable bonds is 3. The van der Waals surface area contributed by atoms with E-state index >= 15 is 0 Å². The summed E-state index contributed by atoms with van der Waals surface area (Å²) in [6, 6.07) is 2.00. The summed E-state index contributed by atoms with van der Waals surface area (Å²) in [5, 5.41) is 3.99. The number of likely N-dealkylation sites (N-methyl/N-ethyl adjacent to an activating group) is 1. The lowest BCUT2D eigenvalue weighted by atomic mass is 10.3. The third kappa shape index (κ3) is 2.49. The minimum absolute atomic E-state index is 0.620. The van der Waals surface area contributed by atoms with Crippen molar-refractivity contribution in [2.45, 2.75) is 6.42 Å². The molecule has 84 valence electrons. The molecule has 5 heteroatoms. The Morgan fingerprint density at radius 3 is 2.80 bits per heavy atom. The van der Waals surface area contributed by atoms with E-state index in [4.69, 9.17) is 10.3 Å². The molecular formula is C10H18N4O. The van der Waals surface area contributed by atoms with Crippen molar-refractivity contribution in [2.75, 3.05) is 44.7 Å². The second-order valence-electron chi connectivity index (χ2n) is 3.99. The summed E-state index contributed by atoms with van der Waals surface area (Å²) in [5.74, 6) is 0.881. The van der Waals surface area contributed by atoms with Gasteiger partial charge in [0.2, 0.25) is 5.88 Å². The van der Waals surface area contributed by atoms with Gasteiger partial charge >= 0.3 is 0 Å². The monoisotopic (exact) mass is 210 g/mol. The summed E-state index contributed by atoms with van der Waals surface area (Å²) < 4.78 is 5.29. The molecule has 0 unspecified atom stereocenters. The average Bonchev–Trinajstić information content (AvgIpc) is 2.68. The van der Waals surface area contributed by atoms with Crippen molar-refractivity contribution in [3.63, 3.8) is 0 Å². The molecule has 15 heavy (non-hydrogen) atoms. The van der Waals surface area contributed by atoms with Crippen molar-refractivity contribution in [3.05, 3.63) is 11.8 Å². The first kappa shape index (κ1) is 10.4. The fourth-order valence-corrected chi connectivity index (χ4v) is 1.74. The van der Waals surface area contributed by atoms with Gasteiger partial charge in [-0.2, -0.15) is 0 Å². The van der Waals surface area contributed by atoms with E-state index in [1.807, 2.05) is 6.07 Å². The van der Waals surface area contributed by atoms with Gasteiger partial charge in [0.25, 0.3) is 0 Å². The highest BCUT2D eigenvalue weighted by molar-refractivity contribution is 5.36. The number of aromatic nitrogens is 1. The van der Waals surface area contributed by atoms with Gasteiger partial charge in [0.15, 0.2) is 0 Å². The van der Waals surface area contributed by atoms with Gasteiger partial charge in [-0.3, -0.25) is 0 Å². The molecule has 2 N–H and O–H groups in total. The van der Waals surface area contributed by atoms with Crippen LogP contribution in [0.4, 0.5) is 5.88 Å². The third-order valence-electron chi connectivity index (χ3n) is 2.76. The first-order valence-corrected chi connectivity index (χ1v) is 5.39. The van der Waals surface area contributed by atoms with Gasteiger partial charge in [-0.1, -0.05) is 5.16 Å². The molecule has 1 aromatic rings. The molecule has 5 nitrogen and oxygen atoms in total. The lowest BCUT2D eigenvalue weighted by Gasteiger charge is -2.31. The highest BCUT2D eigenvalue weighted by Gasteiger charge is 2.17. The summed E-state index contributed by atoms with van der Waals surface area (Å²) in [4.78, 5) is 4.54. The number of hydrogen-bond acceptors (Lipinski definition) is 5. The molecule has 1 aliphatic heterocycles. The Hall–Kier alpha value is -1.07. The van der Waals surface area contributed by atoms with E-state index in [2.05, 4.69) is 22.0 Å². The number of nitrogens with two attached hydrogens (primary N) is 1. The predicted molar refractivity (Wildman–Crippen MR) is 59.0 cm³/mol. The van der Waals surface area contributed by atoms with Gasteiger partial charge in [0.05, 0.1) is 5.69 Å². The van der Waals surface area contributed by atoms with E-state index in [1.54, 1.807) is 0 Å². The molecule has 2 rings (SSSR count). The molecule has 1 aliphatic rings. The van der Waals surface area contributed by atoms with Gasteiger partial charge in [0.1, 0.15) is 0 Å². The minimum atomic E-state index is 0.620. The van der Waals surface area contributed by atoms with Crippen LogP contribution in [-0.4, -0.2) is 49.8 Å². The second kappa shape index (κ2) is 4.63. The zero-order chi connectivity index (χ0) is 10.7. The number of anilines is 1. The van der Waals surface area contributed by atoms with Crippen LogP contribution in [0, 0.1) is 0 Å². The second-order valence-corrected chi connectivity index (χ2v) is 3.99. The van der Waals surface area contributed by atoms with Crippen molar-refractivity contribution < 1.29 is 4.52 Å². The van der Waals surface area contributed by atoms with E-state index in [0.717, 1.165) is 44.2 Å². The van der Waals surface area contributed by atoms with Crippen molar-refractivity contribution in [1.82, 2.24) is 10.1 Å². The summed E-state index contributed by atoms with van der Waals surface area (Å²) in [7, 11) is 2.14. The Bertz CT molecular complexity index is 304. The Balaban J connectivity index is 1.96. The maximum absolute atomic E-state index is 5.46. The van der Waals surface area contributed by atoms with Crippen LogP contribution in [0.2, 0.25) is 0 Å². The molecule has 1 fully saturated rings. The van der Waals surface area contributed by atoms with Crippen LogP contribution in [0.3, 0.4) is 0 Å². The zero-order valence-electron chi connectivity index (χ0n) is 9.15. The van der Waals surface area contributed by atoms with Gasteiger partial charge < -0.3 is 20.1 Å². The van der Waals surface area contributed by atoms with Gasteiger partial charge in [-0.15, -0.1) is 0 Å². The lowest BCUT2D eigenvalue weighted by Crippen LogP contribution is -2.44. The molecule has 0 saturated carbocycles. The summed E-state index contributed by atoms with van der Waals surface area (Å²) >= 11 is 0. The first-order chi connectivity index (χ1) is 7.29. The molecule has 0 atom stereocenters. The fourth-order valence-electron chi connectivity index (χ4n) is 1.74. The van der Waals surface area contributed by atoms with Crippen LogP contribution in [0.5, 0.6) is 0 Å². The maximum atomic E-state index is 5.46. The Morgan fingerprint density at radius 1 is 1.40 bits per heavy atom. The van der Waals surface area contributed by atoms with Crippen molar-refractivity contribution >= 4 is 5.88 Å². The molecule has 1 saturated heterocycles. The molecule has 2 heterocycles. The van der Waals surface area contributed by atoms with E-state index in [1.165, 1.54) is 0 Å². The van der Waals surface area contributed by atoms with E-state index in [9.17, 15) is 0 Å². The molecule has 0 aromatic carbocycles. The average molecular weight is 210 g/mol. The third-order valence-corrected chi connectivity index (χ3v) is 2.76. The zero-order valence-corrected chi connectivity index (χ0v) is 9.15. The molecule has 1 aromatic heterocycles. The summed E-state index contributed by atoms with van der Waals surface area (Å²) in [6.45, 7) is 4.79. The molecule has 0 amide bonds. The number of hydrogen-bond donors (Lipinski definition) is 1. The topological polar surface area (TPSA) is 58.5 Å². The highest BCUT2D eigenvalue weighted by atomic mass is 16.5. The van der Waals surface area contributed by atoms with Gasteiger partial charge in [-0.05, 0) is 13.6 Å². The fraction of sp³-hybridized carbons (Fsp3) is 0.700. The maximum Gasteiger partial charge on any atom is 0.227 e. The van der Waals surface area contributed by atoms with Crippen LogP contribution in [-0.2, 0) is 6.42 Å². The van der Waals surface area contributed by atoms with E-state index in [0.29, 0.717) is 6.54 Å². The first-order valence-electron chi connectivity index (χ1n) is 5.39. The smallest absolute Gasteiger partial charge is 0.227 e. The Labute approximate surface area is 89.8 Å². The molecule has 0 aliphatic carbocycles. The minimum Gasteiger partial charge on any atom is -0.338 e. The summed E-state index contributed by atoms with van der Waals surface area (Å²) in [5.41, 5.74) is 6.41. The summed E-state index contributed by atoms with van der Waals surface area (Å²) in [6.07, 6.45) is 0.789.